The van der Waals surface area contributed by atoms with Crippen molar-refractivity contribution in [2.75, 3.05) is 5.43 Å². The average Bonchev–Trinajstić information content (AvgIpc) is 2.62. The summed E-state index contributed by atoms with van der Waals surface area (Å²) in [7, 11) is -8.11. The second-order valence-electron chi connectivity index (χ2n) is 5.28. The van der Waals surface area contributed by atoms with Gasteiger partial charge in [-0.2, -0.15) is 5.26 Å². The molecule has 2 aromatic carbocycles. The number of nitrogens with zero attached hydrogens (tertiary/aromatic N) is 4. The van der Waals surface area contributed by atoms with Crippen molar-refractivity contribution in [2.45, 2.75) is 9.79 Å². The van der Waals surface area contributed by atoms with Crippen molar-refractivity contribution >= 4 is 37.3 Å². The summed E-state index contributed by atoms with van der Waals surface area (Å²) in [6.45, 7) is 0. The van der Waals surface area contributed by atoms with Crippen molar-refractivity contribution in [3.05, 3.63) is 36.4 Å². The van der Waals surface area contributed by atoms with Gasteiger partial charge in [-0.05, 0) is 36.4 Å². The first-order valence-corrected chi connectivity index (χ1v) is 10.4. The smallest absolute Gasteiger partial charge is 0.270 e. The predicted octanol–water partition coefficient (Wildman–Crippen LogP) is 0.425. The fourth-order valence-electron chi connectivity index (χ4n) is 1.83. The Morgan fingerprint density at radius 2 is 1.52 bits per heavy atom. The van der Waals surface area contributed by atoms with Crippen molar-refractivity contribution in [3.8, 4) is 17.6 Å². The summed E-state index contributed by atoms with van der Waals surface area (Å²) < 4.78 is 45.4. The number of azo groups is 1. The van der Waals surface area contributed by atoms with E-state index in [0.29, 0.717) is 0 Å². The minimum atomic E-state index is -4.06. The molecule has 0 heterocycles. The number of nitrogens with one attached hydrogen (secondary N) is 1. The van der Waals surface area contributed by atoms with Crippen molar-refractivity contribution in [2.24, 2.45) is 25.6 Å². The molecule has 0 atom stereocenters. The van der Waals surface area contributed by atoms with Crippen molar-refractivity contribution < 1.29 is 27.0 Å². The second-order valence-corrected chi connectivity index (χ2v) is 8.40. The van der Waals surface area contributed by atoms with Crippen LogP contribution in [0.2, 0.25) is 0 Å². The van der Waals surface area contributed by atoms with E-state index in [0.717, 1.165) is 36.4 Å². The Kier molecular flexibility index (Phi) is 6.14. The lowest BCUT2D eigenvalue weighted by atomic mass is 10.3. The van der Waals surface area contributed by atoms with Crippen LogP contribution in [-0.2, 0) is 20.0 Å². The van der Waals surface area contributed by atoms with E-state index in [4.69, 9.17) is 15.5 Å². The molecule has 0 saturated carbocycles. The monoisotopic (exact) mass is 439 g/mol. The Morgan fingerprint density at radius 3 is 2.07 bits per heavy atom. The van der Waals surface area contributed by atoms with Gasteiger partial charge in [0.15, 0.2) is 0 Å². The van der Waals surface area contributed by atoms with Gasteiger partial charge in [-0.1, -0.05) is 0 Å². The number of phenols is 2. The molecule has 0 aromatic heterocycles. The fraction of sp³-hybridized carbons (Fsp3) is 0. The number of phenolic OH excluding ortho intramolecular Hbond substituents is 2. The maximum Gasteiger partial charge on any atom is 0.270 e. The lowest BCUT2D eigenvalue weighted by molar-refractivity contribution is 0.475. The number of nitrogens with two attached hydrogens (primary N) is 2. The highest BCUT2D eigenvalue weighted by atomic mass is 32.2. The van der Waals surface area contributed by atoms with Gasteiger partial charge in [-0.25, -0.2) is 27.1 Å². The number of benzene rings is 2. The van der Waals surface area contributed by atoms with Gasteiger partial charge in [-0.15, -0.1) is 15.3 Å². The normalized spacial score (nSPS) is 12.7. The minimum absolute atomic E-state index is 0.196. The number of hydrogen-bond donors (Lipinski definition) is 5. The first-order chi connectivity index (χ1) is 13.4. The summed E-state index contributed by atoms with van der Waals surface area (Å²) in [5.74, 6) is -1.44. The van der Waals surface area contributed by atoms with Crippen molar-refractivity contribution in [3.63, 3.8) is 0 Å². The van der Waals surface area contributed by atoms with Crippen LogP contribution < -0.4 is 15.7 Å². The van der Waals surface area contributed by atoms with Gasteiger partial charge in [0, 0.05) is 0 Å². The molecule has 29 heavy (non-hydrogen) atoms. The van der Waals surface area contributed by atoms with Gasteiger partial charge >= 0.3 is 0 Å². The molecule has 0 fully saturated rings. The number of hydrazone groups is 1. The van der Waals surface area contributed by atoms with Crippen LogP contribution in [0.25, 0.3) is 0 Å². The van der Waals surface area contributed by atoms with Gasteiger partial charge in [0.25, 0.3) is 5.84 Å². The third-order valence-corrected chi connectivity index (χ3v) is 5.03. The molecule has 0 unspecified atom stereocenters. The molecule has 0 aliphatic carbocycles. The zero-order chi connectivity index (χ0) is 21.8. The molecule has 0 aliphatic heterocycles. The number of sulfonamides is 2. The number of anilines is 1. The van der Waals surface area contributed by atoms with E-state index >= 15 is 0 Å². The van der Waals surface area contributed by atoms with Crippen LogP contribution in [0.1, 0.15) is 0 Å². The summed E-state index contributed by atoms with van der Waals surface area (Å²) in [6, 6.07) is 7.62. The highest BCUT2D eigenvalue weighted by Gasteiger charge is 2.12. The van der Waals surface area contributed by atoms with Crippen LogP contribution in [0.5, 0.6) is 11.5 Å². The maximum absolute atomic E-state index is 11.4. The second kappa shape index (κ2) is 8.20. The molecule has 15 heteroatoms. The Morgan fingerprint density at radius 1 is 0.966 bits per heavy atom. The van der Waals surface area contributed by atoms with Crippen LogP contribution >= 0.6 is 0 Å². The molecule has 0 bridgehead atoms. The van der Waals surface area contributed by atoms with Gasteiger partial charge in [0.05, 0.1) is 15.5 Å². The van der Waals surface area contributed by atoms with Crippen molar-refractivity contribution in [1.29, 1.82) is 5.26 Å². The summed E-state index contributed by atoms with van der Waals surface area (Å²) in [5, 5.41) is 49.0. The van der Waals surface area contributed by atoms with Crippen LogP contribution in [0.15, 0.2) is 61.5 Å². The zero-order valence-electron chi connectivity index (χ0n) is 14.3. The van der Waals surface area contributed by atoms with E-state index in [1.807, 2.05) is 0 Å². The fourth-order valence-corrected chi connectivity index (χ4v) is 2.90. The average molecular weight is 439 g/mol. The molecule has 0 radical (unpaired) electrons. The standard InChI is InChI=1S/C14H13N7O6S2/c15-7-14(20-18-10-5-8(28(16,24)25)1-3-12(10)22)21-19-11-6-9(29(17,26)27)2-4-13(11)23/h1-6,18,22-23H,(H2,16,24,25)(H2,17,26,27)/b20-14+,21-19?. The van der Waals surface area contributed by atoms with Gasteiger partial charge in [0.1, 0.15) is 23.3 Å². The van der Waals surface area contributed by atoms with Crippen molar-refractivity contribution in [1.82, 2.24) is 0 Å². The van der Waals surface area contributed by atoms with E-state index < -0.39 is 37.4 Å². The summed E-state index contributed by atoms with van der Waals surface area (Å²) in [4.78, 5) is -0.666. The molecule has 0 aliphatic rings. The number of amidine groups is 1. The molecular weight excluding hydrogens is 426 g/mol. The summed E-state index contributed by atoms with van der Waals surface area (Å²) in [5.41, 5.74) is 1.72. The van der Waals surface area contributed by atoms with Gasteiger partial charge < -0.3 is 10.2 Å². The van der Waals surface area contributed by atoms with Gasteiger partial charge in [-0.3, -0.25) is 5.43 Å². The molecule has 2 aromatic rings. The number of aromatic hydroxyl groups is 2. The predicted molar refractivity (Wildman–Crippen MR) is 100 cm³/mol. The Hall–Kier alpha value is -3.58. The molecule has 2 rings (SSSR count). The maximum atomic E-state index is 11.4. The molecule has 13 nitrogen and oxygen atoms in total. The highest BCUT2D eigenvalue weighted by Crippen LogP contribution is 2.29. The van der Waals surface area contributed by atoms with Crippen LogP contribution in [0.3, 0.4) is 0 Å². The minimum Gasteiger partial charge on any atom is -0.506 e. The Balaban J connectivity index is 2.32. The molecule has 0 amide bonds. The van der Waals surface area contributed by atoms with E-state index in [1.54, 1.807) is 6.07 Å². The summed E-state index contributed by atoms with van der Waals surface area (Å²) in [6.07, 6.45) is 0. The molecule has 7 N–H and O–H groups in total. The number of nitriles is 1. The zero-order valence-corrected chi connectivity index (χ0v) is 15.9. The van der Waals surface area contributed by atoms with E-state index in [2.05, 4.69) is 20.8 Å². The molecule has 0 spiro atoms. The first-order valence-electron chi connectivity index (χ1n) is 7.29. The van der Waals surface area contributed by atoms with E-state index in [9.17, 15) is 27.0 Å². The molecule has 152 valence electrons. The van der Waals surface area contributed by atoms with E-state index in [-0.39, 0.29) is 21.2 Å². The topological polar surface area (TPSA) is 234 Å². The lowest BCUT2D eigenvalue weighted by Crippen LogP contribution is -2.12. The quantitative estimate of drug-likeness (QED) is 0.144. The van der Waals surface area contributed by atoms with Gasteiger partial charge in [0.2, 0.25) is 20.0 Å². The number of hydrogen-bond acceptors (Lipinski definition) is 10. The highest BCUT2D eigenvalue weighted by molar-refractivity contribution is 7.89. The third-order valence-electron chi connectivity index (χ3n) is 3.21. The summed E-state index contributed by atoms with van der Waals surface area (Å²) >= 11 is 0. The first kappa shape index (κ1) is 21.7. The largest absolute Gasteiger partial charge is 0.506 e. The van der Waals surface area contributed by atoms with E-state index in [1.165, 1.54) is 0 Å². The van der Waals surface area contributed by atoms with Crippen LogP contribution in [-0.4, -0.2) is 32.9 Å². The number of rotatable bonds is 5. The Labute approximate surface area is 164 Å². The van der Waals surface area contributed by atoms with Crippen LogP contribution in [0.4, 0.5) is 11.4 Å². The van der Waals surface area contributed by atoms with Crippen LogP contribution in [0, 0.1) is 11.3 Å². The molecular formula is C14H13N7O6S2. The lowest BCUT2D eigenvalue weighted by Gasteiger charge is -2.05. The molecule has 0 saturated heterocycles. The number of primary sulfonamides is 2. The SMILES string of the molecule is N#C/C(N=Nc1cc(S(N)(=O)=O)ccc1O)=N\Nc1cc(S(N)(=O)=O)ccc1O. The Bertz CT molecular complexity index is 1260. The third kappa shape index (κ3) is 5.70.